The average molecular weight is 602 g/mol. The van der Waals surface area contributed by atoms with E-state index in [4.69, 9.17) is 18.9 Å². The van der Waals surface area contributed by atoms with Crippen molar-refractivity contribution >= 4 is 23.9 Å². The van der Waals surface area contributed by atoms with Crippen LogP contribution >= 0.6 is 0 Å². The molecule has 3 rings (SSSR count). The number of hydrogen-bond acceptors (Lipinski definition) is 8. The van der Waals surface area contributed by atoms with Crippen molar-refractivity contribution in [1.29, 1.82) is 0 Å². The lowest BCUT2D eigenvalue weighted by Gasteiger charge is -2.30. The highest BCUT2D eigenvalue weighted by atomic mass is 16.6. The maximum Gasteiger partial charge on any atom is 0.408 e. The summed E-state index contributed by atoms with van der Waals surface area (Å²) >= 11 is 0. The van der Waals surface area contributed by atoms with E-state index in [2.05, 4.69) is 17.2 Å². The third-order valence-electron chi connectivity index (χ3n) is 7.48. The minimum absolute atomic E-state index is 0.0941. The smallest absolute Gasteiger partial charge is 0.408 e. The van der Waals surface area contributed by atoms with Crippen LogP contribution in [0.3, 0.4) is 0 Å². The number of nitrogens with one attached hydrogen (secondary N) is 2. The number of likely N-dealkylation sites (tertiary alicyclic amines) is 1. The third-order valence-corrected chi connectivity index (χ3v) is 7.48. The average Bonchev–Trinajstić information content (AvgIpc) is 3.40. The maximum atomic E-state index is 14.1. The van der Waals surface area contributed by atoms with Gasteiger partial charge in [0.1, 0.15) is 23.2 Å². The van der Waals surface area contributed by atoms with Gasteiger partial charge in [-0.1, -0.05) is 43.3 Å². The van der Waals surface area contributed by atoms with Gasteiger partial charge in [0.25, 0.3) is 0 Å². The molecular formula is C32H47N3O8. The van der Waals surface area contributed by atoms with Gasteiger partial charge in [-0.3, -0.25) is 9.59 Å². The van der Waals surface area contributed by atoms with E-state index in [1.807, 2.05) is 37.3 Å². The molecule has 0 radical (unpaired) electrons. The zero-order chi connectivity index (χ0) is 31.6. The first kappa shape index (κ1) is 34.1. The van der Waals surface area contributed by atoms with E-state index < -0.39 is 53.2 Å². The Morgan fingerprint density at radius 1 is 1.19 bits per heavy atom. The largest absolute Gasteiger partial charge is 0.464 e. The molecule has 1 aromatic carbocycles. The maximum absolute atomic E-state index is 14.1. The van der Waals surface area contributed by atoms with Crippen molar-refractivity contribution in [1.82, 2.24) is 15.5 Å². The number of benzene rings is 1. The number of amides is 3. The monoisotopic (exact) mass is 601 g/mol. The Bertz CT molecular complexity index is 1120. The Balaban J connectivity index is 1.80. The highest BCUT2D eigenvalue weighted by Gasteiger charge is 2.61. The van der Waals surface area contributed by atoms with E-state index in [-0.39, 0.29) is 31.9 Å². The van der Waals surface area contributed by atoms with E-state index in [9.17, 15) is 19.2 Å². The molecule has 2 N–H and O–H groups in total. The van der Waals surface area contributed by atoms with Gasteiger partial charge in [0.2, 0.25) is 11.8 Å². The van der Waals surface area contributed by atoms with Gasteiger partial charge in [0.15, 0.2) is 0 Å². The molecule has 2 aliphatic rings. The van der Waals surface area contributed by atoms with Crippen molar-refractivity contribution in [3.63, 3.8) is 0 Å². The van der Waals surface area contributed by atoms with Crippen molar-refractivity contribution in [2.24, 2.45) is 5.92 Å². The van der Waals surface area contributed by atoms with Gasteiger partial charge in [-0.15, -0.1) is 6.58 Å². The fourth-order valence-electron chi connectivity index (χ4n) is 5.16. The number of alkyl carbamates (subject to hydrolysis) is 1. The SMILES string of the molecule is C=CCOCCC[C@H](NC(=O)OC(C)(C)C)C(=O)N1C[C@H](OCc2ccccc2)C[C@H]1C(=O)N[C@]1(C(=O)OCC)C[C@H]1C. The van der Waals surface area contributed by atoms with Crippen molar-refractivity contribution in [2.45, 2.75) is 96.2 Å². The third kappa shape index (κ3) is 9.79. The van der Waals surface area contributed by atoms with Gasteiger partial charge in [-0.05, 0) is 58.4 Å². The molecule has 43 heavy (non-hydrogen) atoms. The van der Waals surface area contributed by atoms with E-state index in [0.29, 0.717) is 32.7 Å². The highest BCUT2D eigenvalue weighted by Crippen LogP contribution is 2.44. The number of carbonyl (C=O) groups is 4. The van der Waals surface area contributed by atoms with Crippen LogP contribution in [0.15, 0.2) is 43.0 Å². The van der Waals surface area contributed by atoms with Crippen LogP contribution in [0.1, 0.15) is 65.9 Å². The molecule has 1 heterocycles. The van der Waals surface area contributed by atoms with E-state index in [1.165, 1.54) is 4.90 Å². The van der Waals surface area contributed by atoms with E-state index in [1.54, 1.807) is 33.8 Å². The first-order valence-corrected chi connectivity index (χ1v) is 15.0. The van der Waals surface area contributed by atoms with Gasteiger partial charge >= 0.3 is 12.1 Å². The summed E-state index contributed by atoms with van der Waals surface area (Å²) in [6, 6.07) is 7.74. The van der Waals surface area contributed by atoms with Crippen LogP contribution in [-0.2, 0) is 39.9 Å². The zero-order valence-corrected chi connectivity index (χ0v) is 26.1. The minimum atomic E-state index is -1.11. The summed E-state index contributed by atoms with van der Waals surface area (Å²) in [6.45, 7) is 13.8. The van der Waals surface area contributed by atoms with Crippen LogP contribution in [0.2, 0.25) is 0 Å². The number of carbonyl (C=O) groups excluding carboxylic acids is 4. The number of rotatable bonds is 15. The molecule has 1 aliphatic heterocycles. The fraction of sp³-hybridized carbons (Fsp3) is 0.625. The Morgan fingerprint density at radius 2 is 1.88 bits per heavy atom. The zero-order valence-electron chi connectivity index (χ0n) is 26.1. The summed E-state index contributed by atoms with van der Waals surface area (Å²) in [5, 5.41) is 5.60. The number of esters is 1. The molecule has 1 aromatic rings. The van der Waals surface area contributed by atoms with Crippen LogP contribution in [0.4, 0.5) is 4.79 Å². The first-order chi connectivity index (χ1) is 20.4. The Labute approximate surface area is 254 Å². The standard InChI is InChI=1S/C32H47N3O8/c1-7-16-40-17-12-15-25(33-30(39)43-31(4,5)6)28(37)35-20-24(42-21-23-13-10-9-11-14-23)18-26(35)27(36)34-32(19-22(32)3)29(38)41-8-2/h7,9-11,13-14,22,24-26H,1,8,12,15-21H2,2-6H3,(H,33,39)(H,34,36)/t22-,24-,25+,26+,32-/m1/s1. The van der Waals surface area contributed by atoms with Crippen LogP contribution in [0.5, 0.6) is 0 Å². The van der Waals surface area contributed by atoms with Crippen molar-refractivity contribution in [3.8, 4) is 0 Å². The van der Waals surface area contributed by atoms with Crippen LogP contribution in [-0.4, -0.2) is 84.5 Å². The molecule has 0 spiro atoms. The Kier molecular flexibility index (Phi) is 12.1. The number of nitrogens with zero attached hydrogens (tertiary/aromatic N) is 1. The normalized spacial score (nSPS) is 23.7. The van der Waals surface area contributed by atoms with Crippen LogP contribution < -0.4 is 10.6 Å². The van der Waals surface area contributed by atoms with Gasteiger partial charge in [0, 0.05) is 19.6 Å². The molecule has 5 atom stereocenters. The number of hydrogen-bond donors (Lipinski definition) is 2. The fourth-order valence-corrected chi connectivity index (χ4v) is 5.16. The van der Waals surface area contributed by atoms with Crippen molar-refractivity contribution in [3.05, 3.63) is 48.6 Å². The first-order valence-electron chi connectivity index (χ1n) is 15.0. The molecule has 2 fully saturated rings. The predicted molar refractivity (Wildman–Crippen MR) is 160 cm³/mol. The van der Waals surface area contributed by atoms with Gasteiger partial charge < -0.3 is 34.5 Å². The molecule has 0 bridgehead atoms. The lowest BCUT2D eigenvalue weighted by molar-refractivity contribution is -0.150. The molecule has 1 aliphatic carbocycles. The lowest BCUT2D eigenvalue weighted by atomic mass is 10.1. The molecule has 11 heteroatoms. The topological polar surface area (TPSA) is 132 Å². The van der Waals surface area contributed by atoms with Crippen molar-refractivity contribution < 1.29 is 38.1 Å². The van der Waals surface area contributed by atoms with Crippen molar-refractivity contribution in [2.75, 3.05) is 26.4 Å². The van der Waals surface area contributed by atoms with E-state index >= 15 is 0 Å². The Morgan fingerprint density at radius 3 is 2.49 bits per heavy atom. The quantitative estimate of drug-likeness (QED) is 0.177. The molecule has 238 valence electrons. The van der Waals surface area contributed by atoms with E-state index in [0.717, 1.165) is 5.56 Å². The molecule has 11 nitrogen and oxygen atoms in total. The van der Waals surface area contributed by atoms with Gasteiger partial charge in [-0.2, -0.15) is 0 Å². The molecule has 0 aromatic heterocycles. The molecule has 3 amide bonds. The summed E-state index contributed by atoms with van der Waals surface area (Å²) in [5.41, 5.74) is -0.911. The molecule has 1 saturated carbocycles. The lowest BCUT2D eigenvalue weighted by Crippen LogP contribution is -2.56. The summed E-state index contributed by atoms with van der Waals surface area (Å²) in [5.74, 6) is -1.47. The number of ether oxygens (including phenoxy) is 4. The summed E-state index contributed by atoms with van der Waals surface area (Å²) in [6.07, 6.45) is 1.89. The summed E-state index contributed by atoms with van der Waals surface area (Å²) in [4.78, 5) is 54.7. The highest BCUT2D eigenvalue weighted by molar-refractivity contribution is 5.96. The Hall–Kier alpha value is -3.44. The molecule has 0 unspecified atom stereocenters. The molecule has 1 saturated heterocycles. The minimum Gasteiger partial charge on any atom is -0.464 e. The van der Waals surface area contributed by atoms with Gasteiger partial charge in [-0.25, -0.2) is 9.59 Å². The van der Waals surface area contributed by atoms with Gasteiger partial charge in [0.05, 0.1) is 25.9 Å². The van der Waals surface area contributed by atoms with Crippen LogP contribution in [0, 0.1) is 5.92 Å². The van der Waals surface area contributed by atoms with Crippen LogP contribution in [0.25, 0.3) is 0 Å². The molecular weight excluding hydrogens is 554 g/mol. The summed E-state index contributed by atoms with van der Waals surface area (Å²) < 4.78 is 22.3. The second-order valence-electron chi connectivity index (χ2n) is 12.2. The summed E-state index contributed by atoms with van der Waals surface area (Å²) in [7, 11) is 0. The predicted octanol–water partition coefficient (Wildman–Crippen LogP) is 3.51. The second kappa shape index (κ2) is 15.3. The second-order valence-corrected chi connectivity index (χ2v) is 12.2.